The van der Waals surface area contributed by atoms with E-state index in [4.69, 9.17) is 9.84 Å². The van der Waals surface area contributed by atoms with Crippen molar-refractivity contribution in [2.75, 3.05) is 6.61 Å². The Kier molecular flexibility index (Phi) is 6.49. The molecule has 0 aromatic heterocycles. The van der Waals surface area contributed by atoms with Gasteiger partial charge in [-0.25, -0.2) is 9.59 Å². The molecule has 0 saturated heterocycles. The van der Waals surface area contributed by atoms with Crippen molar-refractivity contribution in [3.8, 4) is 0 Å². The van der Waals surface area contributed by atoms with Crippen molar-refractivity contribution >= 4 is 12.1 Å². The zero-order valence-corrected chi connectivity index (χ0v) is 9.45. The third-order valence-corrected chi connectivity index (χ3v) is 1.94. The molecule has 0 rings (SSSR count). The fraction of sp³-hybridized carbons (Fsp3) is 0.800. The summed E-state index contributed by atoms with van der Waals surface area (Å²) in [5, 5.41) is 10.7. The predicted molar refractivity (Wildman–Crippen MR) is 55.7 cm³/mol. The molecular formula is C10H19NO4. The number of unbranched alkanes of at least 4 members (excludes halogenated alkanes) is 1. The van der Waals surface area contributed by atoms with Crippen LogP contribution in [0.15, 0.2) is 0 Å². The first kappa shape index (κ1) is 13.7. The Morgan fingerprint density at radius 2 is 2.00 bits per heavy atom. The van der Waals surface area contributed by atoms with Crippen molar-refractivity contribution in [2.24, 2.45) is 5.92 Å². The maximum Gasteiger partial charge on any atom is 0.405 e. The van der Waals surface area contributed by atoms with Gasteiger partial charge in [-0.1, -0.05) is 27.2 Å². The minimum atomic E-state index is -1.21. The summed E-state index contributed by atoms with van der Waals surface area (Å²) in [6, 6.07) is -0.778. The summed E-state index contributed by atoms with van der Waals surface area (Å²) in [7, 11) is 0. The minimum absolute atomic E-state index is 0.116. The third-order valence-electron chi connectivity index (χ3n) is 1.94. The molecule has 0 aliphatic carbocycles. The van der Waals surface area contributed by atoms with Crippen LogP contribution in [0.2, 0.25) is 0 Å². The zero-order valence-electron chi connectivity index (χ0n) is 9.45. The molecule has 2 N–H and O–H groups in total. The molecule has 5 heteroatoms. The number of carbonyl (C=O) groups excluding carboxylic acids is 1. The van der Waals surface area contributed by atoms with Gasteiger partial charge in [0, 0.05) is 0 Å². The van der Waals surface area contributed by atoms with Crippen molar-refractivity contribution in [3.05, 3.63) is 0 Å². The molecule has 0 aliphatic rings. The van der Waals surface area contributed by atoms with Crippen LogP contribution in [0.3, 0.4) is 0 Å². The van der Waals surface area contributed by atoms with Crippen molar-refractivity contribution in [1.82, 2.24) is 5.32 Å². The van der Waals surface area contributed by atoms with Gasteiger partial charge in [0.25, 0.3) is 0 Å². The van der Waals surface area contributed by atoms with Gasteiger partial charge in [0.1, 0.15) is 6.04 Å². The molecule has 5 nitrogen and oxygen atoms in total. The number of amides is 1. The lowest BCUT2D eigenvalue weighted by atomic mass is 10.1. The van der Waals surface area contributed by atoms with E-state index >= 15 is 0 Å². The normalized spacial score (nSPS) is 12.3. The Morgan fingerprint density at radius 3 is 2.40 bits per heavy atom. The number of ether oxygens (including phenoxy) is 1. The number of hydrogen-bond donors (Lipinski definition) is 2. The van der Waals surface area contributed by atoms with E-state index in [9.17, 15) is 9.59 Å². The van der Waals surface area contributed by atoms with Crippen molar-refractivity contribution < 1.29 is 19.4 Å². The molecule has 0 heterocycles. The Balaban J connectivity index is 4.11. The minimum Gasteiger partial charge on any atom is -0.465 e. The highest BCUT2D eigenvalue weighted by molar-refractivity contribution is 5.80. The fourth-order valence-electron chi connectivity index (χ4n) is 1.04. The number of rotatable bonds is 6. The first-order valence-corrected chi connectivity index (χ1v) is 5.15. The molecule has 0 radical (unpaired) electrons. The van der Waals surface area contributed by atoms with Gasteiger partial charge in [0.15, 0.2) is 0 Å². The van der Waals surface area contributed by atoms with E-state index in [1.54, 1.807) is 13.8 Å². The SMILES string of the molecule is CCCCOC(=O)[C@@H](NC(=O)O)C(C)C. The van der Waals surface area contributed by atoms with Crippen molar-refractivity contribution in [2.45, 2.75) is 39.7 Å². The highest BCUT2D eigenvalue weighted by Gasteiger charge is 2.25. The lowest BCUT2D eigenvalue weighted by molar-refractivity contribution is -0.147. The van der Waals surface area contributed by atoms with Gasteiger partial charge in [-0.15, -0.1) is 0 Å². The van der Waals surface area contributed by atoms with Crippen LogP contribution in [0.1, 0.15) is 33.6 Å². The summed E-state index contributed by atoms with van der Waals surface area (Å²) < 4.78 is 4.94. The standard InChI is InChI=1S/C10H19NO4/c1-4-5-6-15-9(12)8(7(2)3)11-10(13)14/h7-8,11H,4-6H2,1-3H3,(H,13,14)/t8-/m0/s1. The van der Waals surface area contributed by atoms with Crippen LogP contribution in [0.25, 0.3) is 0 Å². The van der Waals surface area contributed by atoms with Gasteiger partial charge in [-0.2, -0.15) is 0 Å². The Hall–Kier alpha value is -1.26. The largest absolute Gasteiger partial charge is 0.465 e. The molecule has 88 valence electrons. The summed E-state index contributed by atoms with van der Waals surface area (Å²) >= 11 is 0. The van der Waals surface area contributed by atoms with Gasteiger partial charge in [-0.05, 0) is 12.3 Å². The van der Waals surface area contributed by atoms with Gasteiger partial charge in [0.2, 0.25) is 0 Å². The number of nitrogens with one attached hydrogen (secondary N) is 1. The maximum atomic E-state index is 11.4. The Bertz CT molecular complexity index is 215. The number of esters is 1. The highest BCUT2D eigenvalue weighted by atomic mass is 16.5. The lowest BCUT2D eigenvalue weighted by Gasteiger charge is -2.18. The molecule has 15 heavy (non-hydrogen) atoms. The van der Waals surface area contributed by atoms with E-state index in [0.717, 1.165) is 12.8 Å². The summed E-state index contributed by atoms with van der Waals surface area (Å²) in [6.07, 6.45) is 0.524. The molecular weight excluding hydrogens is 198 g/mol. The average molecular weight is 217 g/mol. The van der Waals surface area contributed by atoms with Crippen molar-refractivity contribution in [1.29, 1.82) is 0 Å². The topological polar surface area (TPSA) is 75.6 Å². The second kappa shape index (κ2) is 7.09. The van der Waals surface area contributed by atoms with E-state index in [0.29, 0.717) is 6.61 Å². The molecule has 0 aromatic rings. The molecule has 0 bridgehead atoms. The van der Waals surface area contributed by atoms with E-state index in [-0.39, 0.29) is 5.92 Å². The van der Waals surface area contributed by atoms with Crippen LogP contribution in [0.5, 0.6) is 0 Å². The molecule has 1 amide bonds. The monoisotopic (exact) mass is 217 g/mol. The average Bonchev–Trinajstić information content (AvgIpc) is 2.13. The first-order chi connectivity index (χ1) is 6.99. The summed E-state index contributed by atoms with van der Waals surface area (Å²) in [4.78, 5) is 21.9. The second-order valence-corrected chi connectivity index (χ2v) is 3.69. The molecule has 0 spiro atoms. The zero-order chi connectivity index (χ0) is 11.8. The Morgan fingerprint density at radius 1 is 1.40 bits per heavy atom. The summed E-state index contributed by atoms with van der Waals surface area (Å²) in [5.41, 5.74) is 0. The number of hydrogen-bond acceptors (Lipinski definition) is 3. The smallest absolute Gasteiger partial charge is 0.405 e. The molecule has 0 unspecified atom stereocenters. The van der Waals surface area contributed by atoms with E-state index < -0.39 is 18.1 Å². The second-order valence-electron chi connectivity index (χ2n) is 3.69. The lowest BCUT2D eigenvalue weighted by Crippen LogP contribution is -2.44. The van der Waals surface area contributed by atoms with Crippen LogP contribution in [0.4, 0.5) is 4.79 Å². The van der Waals surface area contributed by atoms with Crippen LogP contribution in [-0.2, 0) is 9.53 Å². The van der Waals surface area contributed by atoms with E-state index in [1.807, 2.05) is 6.92 Å². The fourth-order valence-corrected chi connectivity index (χ4v) is 1.04. The van der Waals surface area contributed by atoms with Crippen LogP contribution in [-0.4, -0.2) is 29.8 Å². The van der Waals surface area contributed by atoms with Gasteiger partial charge >= 0.3 is 12.1 Å². The number of carboxylic acid groups (broad SMARTS) is 1. The summed E-state index contributed by atoms with van der Waals surface area (Å²) in [6.45, 7) is 5.87. The van der Waals surface area contributed by atoms with Crippen LogP contribution in [0, 0.1) is 5.92 Å². The molecule has 0 aromatic carbocycles. The first-order valence-electron chi connectivity index (χ1n) is 5.15. The quantitative estimate of drug-likeness (QED) is 0.523. The maximum absolute atomic E-state index is 11.4. The summed E-state index contributed by atoms with van der Waals surface area (Å²) in [5.74, 6) is -0.615. The molecule has 0 saturated carbocycles. The van der Waals surface area contributed by atoms with Crippen LogP contribution >= 0.6 is 0 Å². The van der Waals surface area contributed by atoms with Gasteiger partial charge < -0.3 is 15.2 Å². The molecule has 1 atom stereocenters. The van der Waals surface area contributed by atoms with Crippen molar-refractivity contribution in [3.63, 3.8) is 0 Å². The van der Waals surface area contributed by atoms with Gasteiger partial charge in [0.05, 0.1) is 6.61 Å². The molecule has 0 fully saturated rings. The van der Waals surface area contributed by atoms with E-state index in [2.05, 4.69) is 5.32 Å². The predicted octanol–water partition coefficient (Wildman–Crippen LogP) is 1.62. The Labute approximate surface area is 89.8 Å². The van der Waals surface area contributed by atoms with Gasteiger partial charge in [-0.3, -0.25) is 0 Å². The third kappa shape index (κ3) is 5.93. The molecule has 0 aliphatic heterocycles. The number of carbonyl (C=O) groups is 2. The van der Waals surface area contributed by atoms with Crippen LogP contribution < -0.4 is 5.32 Å². The van der Waals surface area contributed by atoms with E-state index in [1.165, 1.54) is 0 Å². The highest BCUT2D eigenvalue weighted by Crippen LogP contribution is 2.04.